The second-order valence-corrected chi connectivity index (χ2v) is 22.2. The summed E-state index contributed by atoms with van der Waals surface area (Å²) in [6.07, 6.45) is 69.4. The molecule has 0 aromatic rings. The average Bonchev–Trinajstić information content (AvgIpc) is 3.35. The Labute approximate surface area is 449 Å². The quantitative estimate of drug-likeness (QED) is 0.0161. The molecule has 0 saturated heterocycles. The molecule has 3 atom stereocenters. The fourth-order valence-corrected chi connectivity index (χ4v) is 8.67. The summed E-state index contributed by atoms with van der Waals surface area (Å²) in [4.78, 5) is 39.9. The molecule has 1 N–H and O–H groups in total. The van der Waals surface area contributed by atoms with Crippen molar-refractivity contribution in [2.24, 2.45) is 0 Å². The van der Waals surface area contributed by atoms with Gasteiger partial charge < -0.3 is 28.5 Å². The SMILES string of the molecule is CC/C=C\C/C=C\C/C=C\C/C=C\C/C=C\CCCCCC(=O)OC(/C=C/CCCCCCCCCCCCC)C(COP(=O)([O-])OCC[N+](C)(C)C)NC(=O)CCCCCCCC/C=C/C=C/CCCCC. The summed E-state index contributed by atoms with van der Waals surface area (Å²) in [5.41, 5.74) is 0. The van der Waals surface area contributed by atoms with Gasteiger partial charge in [0.1, 0.15) is 19.3 Å². The van der Waals surface area contributed by atoms with E-state index in [9.17, 15) is 19.0 Å². The van der Waals surface area contributed by atoms with Crippen molar-refractivity contribution in [1.29, 1.82) is 0 Å². The lowest BCUT2D eigenvalue weighted by Gasteiger charge is -2.30. The number of hydrogen-bond donors (Lipinski definition) is 1. The molecule has 0 heterocycles. The van der Waals surface area contributed by atoms with Crippen LogP contribution in [0.15, 0.2) is 97.2 Å². The summed E-state index contributed by atoms with van der Waals surface area (Å²) in [7, 11) is 1.14. The molecule has 1 amide bonds. The van der Waals surface area contributed by atoms with E-state index < -0.39 is 26.6 Å². The van der Waals surface area contributed by atoms with Crippen molar-refractivity contribution < 1.29 is 37.3 Å². The van der Waals surface area contributed by atoms with Crippen molar-refractivity contribution in [3.63, 3.8) is 0 Å². The first-order valence-corrected chi connectivity index (χ1v) is 31.0. The van der Waals surface area contributed by atoms with E-state index in [4.69, 9.17) is 13.8 Å². The zero-order valence-corrected chi connectivity index (χ0v) is 48.7. The highest BCUT2D eigenvalue weighted by Gasteiger charge is 2.27. The van der Waals surface area contributed by atoms with E-state index in [0.29, 0.717) is 23.9 Å². The number of phosphoric ester groups is 1. The molecule has 0 aliphatic heterocycles. The average molecular weight is 1040 g/mol. The van der Waals surface area contributed by atoms with Gasteiger partial charge in [-0.2, -0.15) is 0 Å². The van der Waals surface area contributed by atoms with Crippen LogP contribution < -0.4 is 10.2 Å². The highest BCUT2D eigenvalue weighted by Crippen LogP contribution is 2.38. The molecular weight excluding hydrogens is 928 g/mol. The fraction of sp³-hybridized carbons (Fsp3) is 0.714. The first-order valence-electron chi connectivity index (χ1n) is 29.6. The van der Waals surface area contributed by atoms with Crippen LogP contribution in [-0.4, -0.2) is 69.4 Å². The molecule has 0 bridgehead atoms. The Morgan fingerprint density at radius 3 is 1.44 bits per heavy atom. The van der Waals surface area contributed by atoms with E-state index in [1.54, 1.807) is 0 Å². The summed E-state index contributed by atoms with van der Waals surface area (Å²) in [5, 5.41) is 3.01. The van der Waals surface area contributed by atoms with E-state index in [1.807, 2.05) is 33.3 Å². The summed E-state index contributed by atoms with van der Waals surface area (Å²) >= 11 is 0. The van der Waals surface area contributed by atoms with Gasteiger partial charge in [-0.25, -0.2) is 0 Å². The number of carbonyl (C=O) groups is 2. The van der Waals surface area contributed by atoms with Crippen molar-refractivity contribution >= 4 is 19.7 Å². The van der Waals surface area contributed by atoms with Crippen LogP contribution in [-0.2, 0) is 27.9 Å². The number of unbranched alkanes of at least 4 members (excludes halogenated alkanes) is 23. The fourth-order valence-electron chi connectivity index (χ4n) is 7.95. The highest BCUT2D eigenvalue weighted by atomic mass is 31.2. The van der Waals surface area contributed by atoms with Crippen molar-refractivity contribution in [3.05, 3.63) is 97.2 Å². The van der Waals surface area contributed by atoms with Crippen LogP contribution in [0.2, 0.25) is 0 Å². The first-order chi connectivity index (χ1) is 35.4. The second-order valence-electron chi connectivity index (χ2n) is 20.8. The third-order valence-corrected chi connectivity index (χ3v) is 13.5. The van der Waals surface area contributed by atoms with Gasteiger partial charge in [-0.15, -0.1) is 0 Å². The molecule has 10 heteroatoms. The molecule has 0 saturated carbocycles. The number of likely N-dealkylation sites (N-methyl/N-ethyl adjacent to an activating group) is 1. The van der Waals surface area contributed by atoms with E-state index >= 15 is 0 Å². The van der Waals surface area contributed by atoms with Crippen molar-refractivity contribution in [2.45, 2.75) is 251 Å². The third-order valence-electron chi connectivity index (χ3n) is 12.5. The number of amides is 1. The van der Waals surface area contributed by atoms with Crippen LogP contribution in [0.5, 0.6) is 0 Å². The summed E-state index contributed by atoms with van der Waals surface area (Å²) < 4.78 is 30.2. The maximum atomic E-state index is 13.5. The smallest absolute Gasteiger partial charge is 0.306 e. The Balaban J connectivity index is 5.43. The Morgan fingerprint density at radius 1 is 0.507 bits per heavy atom. The van der Waals surface area contributed by atoms with E-state index in [2.05, 4.69) is 111 Å². The maximum absolute atomic E-state index is 13.5. The summed E-state index contributed by atoms with van der Waals surface area (Å²) in [6.45, 7) is 6.66. The molecule has 0 radical (unpaired) electrons. The van der Waals surface area contributed by atoms with Gasteiger partial charge in [0.25, 0.3) is 7.82 Å². The molecule has 0 fully saturated rings. The van der Waals surface area contributed by atoms with Crippen molar-refractivity contribution in [2.75, 3.05) is 40.9 Å². The van der Waals surface area contributed by atoms with E-state index in [0.717, 1.165) is 122 Å². The van der Waals surface area contributed by atoms with Crippen molar-refractivity contribution in [3.8, 4) is 0 Å². The van der Waals surface area contributed by atoms with Gasteiger partial charge in [0.2, 0.25) is 5.91 Å². The van der Waals surface area contributed by atoms with Gasteiger partial charge in [-0.05, 0) is 102 Å². The van der Waals surface area contributed by atoms with Gasteiger partial charge >= 0.3 is 5.97 Å². The monoisotopic (exact) mass is 1040 g/mol. The molecule has 0 spiro atoms. The number of hydrogen-bond acceptors (Lipinski definition) is 7. The minimum atomic E-state index is -4.71. The summed E-state index contributed by atoms with van der Waals surface area (Å²) in [6, 6.07) is -0.913. The van der Waals surface area contributed by atoms with Gasteiger partial charge in [0, 0.05) is 12.8 Å². The third kappa shape index (κ3) is 53.6. The maximum Gasteiger partial charge on any atom is 0.306 e. The van der Waals surface area contributed by atoms with Gasteiger partial charge in [-0.1, -0.05) is 221 Å². The molecule has 0 aromatic heterocycles. The lowest BCUT2D eigenvalue weighted by Crippen LogP contribution is -2.47. The number of carbonyl (C=O) groups excluding carboxylic acids is 2. The number of ether oxygens (including phenoxy) is 1. The molecule has 73 heavy (non-hydrogen) atoms. The Bertz CT molecular complexity index is 1570. The zero-order valence-electron chi connectivity index (χ0n) is 47.8. The molecule has 9 nitrogen and oxygen atoms in total. The molecular formula is C63H111N2O7P. The standard InChI is InChI=1S/C63H111N2O7P/c1-7-10-13-16-19-22-25-28-30-31-32-33-35-38-41-44-47-50-53-56-63(67)72-61(54-51-48-45-42-39-36-27-24-21-18-15-12-9-3)60(59-71-73(68,69)70-58-57-65(4,5)6)64-62(66)55-52-49-46-43-40-37-34-29-26-23-20-17-14-11-8-2/h10,13,19-20,22-23,26,28-30,32-33,38,41,51,54,60-61H,7-9,11-12,14-18,21,24-25,27,31,34-37,39-40,42-50,52-53,55-59H2,1-6H3,(H-,64,66,68,69)/b13-10-,22-19-,23-20+,29-26+,30-28-,33-32-,41-38-,54-51+. The number of allylic oxidation sites excluding steroid dienone is 15. The summed E-state index contributed by atoms with van der Waals surface area (Å²) in [5.74, 6) is -0.597. The first kappa shape index (κ1) is 69.9. The van der Waals surface area contributed by atoms with Gasteiger partial charge in [-0.3, -0.25) is 14.2 Å². The normalized spacial score (nSPS) is 14.5. The van der Waals surface area contributed by atoms with Crippen LogP contribution in [0.25, 0.3) is 0 Å². The zero-order chi connectivity index (χ0) is 53.6. The topological polar surface area (TPSA) is 114 Å². The molecule has 0 aromatic carbocycles. The van der Waals surface area contributed by atoms with Crippen LogP contribution in [0.1, 0.15) is 239 Å². The van der Waals surface area contributed by atoms with Gasteiger partial charge in [0.15, 0.2) is 0 Å². The lowest BCUT2D eigenvalue weighted by atomic mass is 10.0. The van der Waals surface area contributed by atoms with Crippen LogP contribution in [0.3, 0.4) is 0 Å². The Kier molecular flexibility index (Phi) is 50.2. The molecule has 0 rings (SSSR count). The molecule has 3 unspecified atom stereocenters. The predicted octanol–water partition coefficient (Wildman–Crippen LogP) is 17.4. The van der Waals surface area contributed by atoms with E-state index in [-0.39, 0.29) is 24.9 Å². The number of nitrogens with zero attached hydrogens (tertiary/aromatic N) is 1. The Morgan fingerprint density at radius 2 is 0.918 bits per heavy atom. The number of esters is 1. The molecule has 0 aliphatic rings. The van der Waals surface area contributed by atoms with Crippen LogP contribution in [0, 0.1) is 0 Å². The number of quaternary nitrogens is 1. The van der Waals surface area contributed by atoms with Gasteiger partial charge in [0.05, 0.1) is 33.8 Å². The minimum Gasteiger partial charge on any atom is -0.756 e. The Hall–Kier alpha value is -3.07. The number of rotatable bonds is 52. The van der Waals surface area contributed by atoms with Crippen LogP contribution in [0.4, 0.5) is 0 Å². The second kappa shape index (κ2) is 52.4. The highest BCUT2D eigenvalue weighted by molar-refractivity contribution is 7.45. The minimum absolute atomic E-state index is 0.0348. The van der Waals surface area contributed by atoms with E-state index in [1.165, 1.54) is 77.0 Å². The number of phosphoric acid groups is 1. The largest absolute Gasteiger partial charge is 0.756 e. The molecule has 0 aliphatic carbocycles. The number of nitrogens with one attached hydrogen (secondary N) is 1. The van der Waals surface area contributed by atoms with Crippen LogP contribution >= 0.6 is 7.82 Å². The predicted molar refractivity (Wildman–Crippen MR) is 311 cm³/mol. The van der Waals surface area contributed by atoms with Crippen molar-refractivity contribution in [1.82, 2.24) is 5.32 Å². The lowest BCUT2D eigenvalue weighted by molar-refractivity contribution is -0.870. The molecule has 420 valence electrons.